The highest BCUT2D eigenvalue weighted by Crippen LogP contribution is 2.40. The highest BCUT2D eigenvalue weighted by atomic mass is 35.5. The number of ether oxygens (including phenoxy) is 3. The van der Waals surface area contributed by atoms with Gasteiger partial charge >= 0.3 is 5.97 Å². The summed E-state index contributed by atoms with van der Waals surface area (Å²) in [4.78, 5) is 21.2. The van der Waals surface area contributed by atoms with Crippen molar-refractivity contribution in [3.8, 4) is 17.2 Å². The van der Waals surface area contributed by atoms with Gasteiger partial charge in [-0.1, -0.05) is 34.8 Å². The quantitative estimate of drug-likeness (QED) is 0.385. The molecule has 0 saturated carbocycles. The molecule has 2 aromatic carbocycles. The Morgan fingerprint density at radius 3 is 2.28 bits per heavy atom. The Morgan fingerprint density at radius 1 is 1.12 bits per heavy atom. The van der Waals surface area contributed by atoms with Gasteiger partial charge in [0.05, 0.1) is 27.1 Å². The molecule has 2 aromatic rings. The second-order valence-electron chi connectivity index (χ2n) is 4.55. The summed E-state index contributed by atoms with van der Waals surface area (Å²) in [6, 6.07) is 6.56. The molecule has 25 heavy (non-hydrogen) atoms. The number of carbonyl (C=O) groups excluding carboxylic acids is 1. The van der Waals surface area contributed by atoms with Crippen LogP contribution in [0.25, 0.3) is 0 Å². The Kier molecular flexibility index (Phi) is 6.30. The summed E-state index contributed by atoms with van der Waals surface area (Å²) in [5.41, 5.74) is -0.167. The Balaban J connectivity index is 2.21. The largest absolute Gasteiger partial charge is 0.479 e. The lowest BCUT2D eigenvalue weighted by Crippen LogP contribution is -2.12. The normalized spacial score (nSPS) is 10.2. The first-order chi connectivity index (χ1) is 11.8. The number of halogens is 3. The van der Waals surface area contributed by atoms with E-state index < -0.39 is 10.9 Å². The van der Waals surface area contributed by atoms with E-state index in [9.17, 15) is 14.9 Å². The number of nitrogens with zero attached hydrogens (tertiary/aromatic N) is 1. The summed E-state index contributed by atoms with van der Waals surface area (Å²) in [7, 11) is 1.22. The van der Waals surface area contributed by atoms with Gasteiger partial charge in [0.15, 0.2) is 12.4 Å². The van der Waals surface area contributed by atoms with Crippen molar-refractivity contribution in [3.63, 3.8) is 0 Å². The molecule has 0 atom stereocenters. The number of benzene rings is 2. The first kappa shape index (κ1) is 19.1. The summed E-state index contributed by atoms with van der Waals surface area (Å²) in [6.07, 6.45) is 0. The summed E-state index contributed by atoms with van der Waals surface area (Å²) >= 11 is 18.1. The average molecular weight is 407 g/mol. The van der Waals surface area contributed by atoms with E-state index >= 15 is 0 Å². The minimum absolute atomic E-state index is 0.0486. The predicted octanol–water partition coefficient (Wildman–Crippen LogP) is 4.90. The molecule has 0 aromatic heterocycles. The molecule has 0 aliphatic heterocycles. The molecule has 0 N–H and O–H groups in total. The van der Waals surface area contributed by atoms with Crippen LogP contribution in [0, 0.1) is 10.1 Å². The Morgan fingerprint density at radius 2 is 1.76 bits per heavy atom. The number of hydrogen-bond donors (Lipinski definition) is 0. The number of nitro benzene ring substituents is 1. The third kappa shape index (κ3) is 4.88. The van der Waals surface area contributed by atoms with Gasteiger partial charge in [0.25, 0.3) is 5.69 Å². The fourth-order valence-corrected chi connectivity index (χ4v) is 2.53. The van der Waals surface area contributed by atoms with E-state index in [1.165, 1.54) is 31.4 Å². The Bertz CT molecular complexity index is 804. The van der Waals surface area contributed by atoms with Crippen LogP contribution in [0.5, 0.6) is 17.2 Å². The third-order valence-corrected chi connectivity index (χ3v) is 3.74. The summed E-state index contributed by atoms with van der Waals surface area (Å²) in [6.45, 7) is -0.357. The number of rotatable bonds is 6. The smallest absolute Gasteiger partial charge is 0.343 e. The van der Waals surface area contributed by atoms with E-state index in [2.05, 4.69) is 4.74 Å². The maximum atomic E-state index is 11.1. The van der Waals surface area contributed by atoms with Crippen LogP contribution in [-0.2, 0) is 9.53 Å². The SMILES string of the molecule is COC(=O)COc1c(Cl)cc(Oc2ccc([N+](=O)[O-])cc2Cl)cc1Cl. The summed E-state index contributed by atoms with van der Waals surface area (Å²) in [5.74, 6) is -0.0835. The molecule has 0 amide bonds. The number of methoxy groups -OCH3 is 1. The highest BCUT2D eigenvalue weighted by molar-refractivity contribution is 6.37. The van der Waals surface area contributed by atoms with Gasteiger partial charge in [-0.25, -0.2) is 4.79 Å². The van der Waals surface area contributed by atoms with Crippen molar-refractivity contribution in [1.29, 1.82) is 0 Å². The second-order valence-corrected chi connectivity index (χ2v) is 5.78. The zero-order chi connectivity index (χ0) is 18.6. The number of esters is 1. The second kappa shape index (κ2) is 8.24. The summed E-state index contributed by atoms with van der Waals surface area (Å²) in [5, 5.41) is 11.0. The lowest BCUT2D eigenvalue weighted by molar-refractivity contribution is -0.384. The van der Waals surface area contributed by atoms with Crippen LogP contribution >= 0.6 is 34.8 Å². The van der Waals surface area contributed by atoms with Gasteiger partial charge in [0.1, 0.15) is 11.5 Å². The molecule has 0 aliphatic carbocycles. The van der Waals surface area contributed by atoms with Crippen LogP contribution in [0.4, 0.5) is 5.69 Å². The lowest BCUT2D eigenvalue weighted by atomic mass is 10.3. The van der Waals surface area contributed by atoms with E-state index in [0.29, 0.717) is 0 Å². The minimum atomic E-state index is -0.592. The molecule has 0 spiro atoms. The molecule has 2 rings (SSSR count). The molecule has 0 heterocycles. The number of nitro groups is 1. The Hall–Kier alpha value is -2.22. The van der Waals surface area contributed by atoms with Crippen LogP contribution in [0.1, 0.15) is 0 Å². The van der Waals surface area contributed by atoms with Gasteiger partial charge < -0.3 is 14.2 Å². The zero-order valence-electron chi connectivity index (χ0n) is 12.6. The zero-order valence-corrected chi connectivity index (χ0v) is 14.9. The maximum Gasteiger partial charge on any atom is 0.343 e. The van der Waals surface area contributed by atoms with E-state index in [0.717, 1.165) is 6.07 Å². The minimum Gasteiger partial charge on any atom is -0.479 e. The molecule has 10 heteroatoms. The molecule has 0 bridgehead atoms. The molecular formula is C15H10Cl3NO6. The first-order valence-corrected chi connectivity index (χ1v) is 7.75. The van der Waals surface area contributed by atoms with Crippen molar-refractivity contribution in [1.82, 2.24) is 0 Å². The third-order valence-electron chi connectivity index (χ3n) is 2.89. The van der Waals surface area contributed by atoms with E-state index in [1.54, 1.807) is 0 Å². The van der Waals surface area contributed by atoms with Gasteiger partial charge in [-0.05, 0) is 6.07 Å². The van der Waals surface area contributed by atoms with Gasteiger partial charge in [0.2, 0.25) is 0 Å². The van der Waals surface area contributed by atoms with Gasteiger partial charge in [-0.15, -0.1) is 0 Å². The topological polar surface area (TPSA) is 87.9 Å². The van der Waals surface area contributed by atoms with Gasteiger partial charge in [0, 0.05) is 24.3 Å². The summed E-state index contributed by atoms with van der Waals surface area (Å²) < 4.78 is 15.2. The van der Waals surface area contributed by atoms with Crippen LogP contribution in [0.15, 0.2) is 30.3 Å². The number of hydrogen-bond acceptors (Lipinski definition) is 6. The molecular weight excluding hydrogens is 397 g/mol. The van der Waals surface area contributed by atoms with Crippen LogP contribution < -0.4 is 9.47 Å². The first-order valence-electron chi connectivity index (χ1n) is 6.62. The predicted molar refractivity (Wildman–Crippen MR) is 92.2 cm³/mol. The maximum absolute atomic E-state index is 11.1. The van der Waals surface area contributed by atoms with E-state index in [1.807, 2.05) is 0 Å². The van der Waals surface area contributed by atoms with Crippen LogP contribution in [0.2, 0.25) is 15.1 Å². The van der Waals surface area contributed by atoms with Crippen molar-refractivity contribution in [2.75, 3.05) is 13.7 Å². The van der Waals surface area contributed by atoms with Crippen molar-refractivity contribution < 1.29 is 23.9 Å². The molecule has 7 nitrogen and oxygen atoms in total. The molecule has 0 unspecified atom stereocenters. The van der Waals surface area contributed by atoms with Crippen molar-refractivity contribution in [2.24, 2.45) is 0 Å². The standard InChI is InChI=1S/C15H10Cl3NO6/c1-23-14(20)7-24-15-11(17)5-9(6-12(15)18)25-13-3-2-8(19(21)22)4-10(13)16/h2-6H,7H2,1H3. The number of carbonyl (C=O) groups is 1. The fraction of sp³-hybridized carbons (Fsp3) is 0.133. The van der Waals surface area contributed by atoms with Crippen molar-refractivity contribution in [3.05, 3.63) is 55.5 Å². The van der Waals surface area contributed by atoms with E-state index in [-0.39, 0.29) is 44.6 Å². The number of non-ortho nitro benzene ring substituents is 1. The van der Waals surface area contributed by atoms with Crippen LogP contribution in [0.3, 0.4) is 0 Å². The van der Waals surface area contributed by atoms with Crippen molar-refractivity contribution >= 4 is 46.5 Å². The molecule has 0 saturated heterocycles. The highest BCUT2D eigenvalue weighted by Gasteiger charge is 2.15. The monoisotopic (exact) mass is 405 g/mol. The molecule has 0 aliphatic rings. The Labute approximate surface area is 157 Å². The van der Waals surface area contributed by atoms with Gasteiger partial charge in [-0.2, -0.15) is 0 Å². The fourth-order valence-electron chi connectivity index (χ4n) is 1.74. The molecule has 132 valence electrons. The van der Waals surface area contributed by atoms with Gasteiger partial charge in [-0.3, -0.25) is 10.1 Å². The lowest BCUT2D eigenvalue weighted by Gasteiger charge is -2.12. The van der Waals surface area contributed by atoms with Crippen molar-refractivity contribution in [2.45, 2.75) is 0 Å². The van der Waals surface area contributed by atoms with E-state index in [4.69, 9.17) is 44.3 Å². The average Bonchev–Trinajstić information content (AvgIpc) is 2.55. The molecule has 0 fully saturated rings. The molecule has 0 radical (unpaired) electrons. The van der Waals surface area contributed by atoms with Crippen LogP contribution in [-0.4, -0.2) is 24.6 Å².